The van der Waals surface area contributed by atoms with Crippen LogP contribution in [0.5, 0.6) is 0 Å². The molecule has 78 valence electrons. The number of halogens is 2. The molecule has 0 atom stereocenters. The summed E-state index contributed by atoms with van der Waals surface area (Å²) in [4.78, 5) is 0. The third-order valence-corrected chi connectivity index (χ3v) is 1.90. The monoisotopic (exact) mass is 220 g/mol. The lowest BCUT2D eigenvalue weighted by Crippen LogP contribution is -2.19. The van der Waals surface area contributed by atoms with Crippen LogP contribution in [0.3, 0.4) is 0 Å². The Morgan fingerprint density at radius 2 is 1.93 bits per heavy atom. The van der Waals surface area contributed by atoms with E-state index >= 15 is 0 Å². The molecule has 0 aromatic heterocycles. The van der Waals surface area contributed by atoms with Gasteiger partial charge in [0, 0.05) is 5.56 Å². The molecule has 14 heavy (non-hydrogen) atoms. The average Bonchev–Trinajstić information content (AvgIpc) is 2.19. The number of hydrogen-bond donors (Lipinski definition) is 0. The smallest absolute Gasteiger partial charge is 0.295 e. The Kier molecular flexibility index (Phi) is 4.31. The fraction of sp³-hybridized carbons (Fsp3) is 0.333. The van der Waals surface area contributed by atoms with Crippen molar-refractivity contribution in [2.24, 2.45) is 0 Å². The van der Waals surface area contributed by atoms with Crippen molar-refractivity contribution in [1.82, 2.24) is 0 Å². The highest BCUT2D eigenvalue weighted by atomic mass is 32.2. The summed E-state index contributed by atoms with van der Waals surface area (Å²) in [5.74, 6) is -2.98. The summed E-state index contributed by atoms with van der Waals surface area (Å²) >= 11 is 0.550. The first-order valence-corrected chi connectivity index (χ1v) is 4.59. The van der Waals surface area contributed by atoms with Gasteiger partial charge in [0.25, 0.3) is 5.92 Å². The Labute approximate surface area is 85.6 Å². The average molecular weight is 220 g/mol. The fourth-order valence-electron chi connectivity index (χ4n) is 0.912. The molecule has 0 radical (unpaired) electrons. The van der Waals surface area contributed by atoms with E-state index in [1.165, 1.54) is 19.2 Å². The molecule has 0 heterocycles. The van der Waals surface area contributed by atoms with Crippen molar-refractivity contribution >= 4 is 12.3 Å². The minimum absolute atomic E-state index is 0.0586. The normalized spacial score (nSPS) is 11.6. The molecule has 0 spiro atoms. The standard InChI is InChI=1S/C9H10F2O2S/c1-12-14-13-7-9(10,11)8-5-3-2-4-6-8/h2-6H,7H2,1H3. The van der Waals surface area contributed by atoms with Gasteiger partial charge in [0.15, 0.2) is 12.3 Å². The number of rotatable bonds is 5. The van der Waals surface area contributed by atoms with Gasteiger partial charge in [0.2, 0.25) is 0 Å². The molecule has 0 fully saturated rings. The third-order valence-electron chi connectivity index (χ3n) is 1.55. The molecule has 1 rings (SSSR count). The van der Waals surface area contributed by atoms with Crippen LogP contribution in [0.25, 0.3) is 0 Å². The highest BCUT2D eigenvalue weighted by Gasteiger charge is 2.31. The fourth-order valence-corrected chi connectivity index (χ4v) is 1.20. The molecule has 1 aromatic carbocycles. The van der Waals surface area contributed by atoms with Crippen LogP contribution >= 0.6 is 12.3 Å². The van der Waals surface area contributed by atoms with Crippen molar-refractivity contribution in [3.05, 3.63) is 35.9 Å². The SMILES string of the molecule is COSOCC(F)(F)c1ccccc1. The van der Waals surface area contributed by atoms with Crippen molar-refractivity contribution < 1.29 is 17.1 Å². The molecule has 0 saturated carbocycles. The topological polar surface area (TPSA) is 18.5 Å². The van der Waals surface area contributed by atoms with E-state index in [9.17, 15) is 8.78 Å². The lowest BCUT2D eigenvalue weighted by Gasteiger charge is -2.15. The molecule has 0 N–H and O–H groups in total. The van der Waals surface area contributed by atoms with Gasteiger partial charge in [-0.1, -0.05) is 30.3 Å². The summed E-state index contributed by atoms with van der Waals surface area (Å²) in [5, 5.41) is 0. The third kappa shape index (κ3) is 3.25. The molecule has 0 aliphatic heterocycles. The van der Waals surface area contributed by atoms with E-state index in [0.29, 0.717) is 12.3 Å². The molecular weight excluding hydrogens is 210 g/mol. The maximum Gasteiger partial charge on any atom is 0.297 e. The lowest BCUT2D eigenvalue weighted by molar-refractivity contribution is -0.0432. The second-order valence-corrected chi connectivity index (χ2v) is 3.27. The van der Waals surface area contributed by atoms with Gasteiger partial charge >= 0.3 is 0 Å². The van der Waals surface area contributed by atoms with Crippen molar-refractivity contribution in [1.29, 1.82) is 0 Å². The highest BCUT2D eigenvalue weighted by molar-refractivity contribution is 7.89. The molecule has 1 aromatic rings. The maximum atomic E-state index is 13.3. The van der Waals surface area contributed by atoms with Gasteiger partial charge in [-0.15, -0.1) is 0 Å². The van der Waals surface area contributed by atoms with Crippen molar-refractivity contribution in [2.45, 2.75) is 5.92 Å². The summed E-state index contributed by atoms with van der Waals surface area (Å²) in [6.45, 7) is -0.699. The first kappa shape index (κ1) is 11.4. The van der Waals surface area contributed by atoms with E-state index in [4.69, 9.17) is 0 Å². The molecular formula is C9H10F2O2S. The van der Waals surface area contributed by atoms with E-state index in [0.717, 1.165) is 0 Å². The van der Waals surface area contributed by atoms with Crippen LogP contribution in [0.4, 0.5) is 8.78 Å². The van der Waals surface area contributed by atoms with Gasteiger partial charge < -0.3 is 0 Å². The van der Waals surface area contributed by atoms with Gasteiger partial charge in [-0.25, -0.2) is 0 Å². The Hall–Kier alpha value is -0.650. The first-order valence-electron chi connectivity index (χ1n) is 3.92. The van der Waals surface area contributed by atoms with Gasteiger partial charge in [0.1, 0.15) is 6.61 Å². The zero-order chi connectivity index (χ0) is 10.4. The molecule has 0 saturated heterocycles. The zero-order valence-corrected chi connectivity index (χ0v) is 8.39. The summed E-state index contributed by atoms with van der Waals surface area (Å²) in [7, 11) is 1.35. The lowest BCUT2D eigenvalue weighted by atomic mass is 10.1. The zero-order valence-electron chi connectivity index (χ0n) is 7.57. The van der Waals surface area contributed by atoms with Crippen LogP contribution in [0.15, 0.2) is 30.3 Å². The van der Waals surface area contributed by atoms with Crippen molar-refractivity contribution in [2.75, 3.05) is 13.7 Å². The Balaban J connectivity index is 2.56. The molecule has 2 nitrogen and oxygen atoms in total. The van der Waals surface area contributed by atoms with Crippen LogP contribution in [0.1, 0.15) is 5.56 Å². The predicted octanol–water partition coefficient (Wildman–Crippen LogP) is 3.00. The molecule has 5 heteroatoms. The van der Waals surface area contributed by atoms with Crippen LogP contribution in [0, 0.1) is 0 Å². The summed E-state index contributed by atoms with van der Waals surface area (Å²) in [6, 6.07) is 7.53. The molecule has 0 amide bonds. The summed E-state index contributed by atoms with van der Waals surface area (Å²) in [6.07, 6.45) is 0. The Morgan fingerprint density at radius 1 is 1.29 bits per heavy atom. The van der Waals surface area contributed by atoms with Crippen molar-refractivity contribution in [3.8, 4) is 0 Å². The van der Waals surface area contributed by atoms with Gasteiger partial charge in [0.05, 0.1) is 7.11 Å². The number of benzene rings is 1. The quantitative estimate of drug-likeness (QED) is 0.561. The summed E-state index contributed by atoms with van der Waals surface area (Å²) in [5.41, 5.74) is -0.0586. The summed E-state index contributed by atoms with van der Waals surface area (Å²) < 4.78 is 35.6. The molecule has 0 aliphatic carbocycles. The molecule has 0 unspecified atom stereocenters. The minimum Gasteiger partial charge on any atom is -0.295 e. The predicted molar refractivity (Wildman–Crippen MR) is 50.9 cm³/mol. The van der Waals surface area contributed by atoms with Gasteiger partial charge in [-0.05, 0) is 0 Å². The first-order chi connectivity index (χ1) is 6.67. The number of alkyl halides is 2. The largest absolute Gasteiger partial charge is 0.297 e. The second kappa shape index (κ2) is 5.29. The van der Waals surface area contributed by atoms with E-state index < -0.39 is 12.5 Å². The molecule has 0 aliphatic rings. The van der Waals surface area contributed by atoms with E-state index in [1.807, 2.05) is 0 Å². The van der Waals surface area contributed by atoms with E-state index in [2.05, 4.69) is 8.37 Å². The molecule has 0 bridgehead atoms. The Morgan fingerprint density at radius 3 is 2.50 bits per heavy atom. The van der Waals surface area contributed by atoms with Gasteiger partial charge in [-0.3, -0.25) is 8.37 Å². The Bertz CT molecular complexity index is 267. The van der Waals surface area contributed by atoms with Crippen LogP contribution in [-0.4, -0.2) is 13.7 Å². The van der Waals surface area contributed by atoms with E-state index in [-0.39, 0.29) is 5.56 Å². The minimum atomic E-state index is -2.98. The highest BCUT2D eigenvalue weighted by Crippen LogP contribution is 2.29. The van der Waals surface area contributed by atoms with Crippen LogP contribution < -0.4 is 0 Å². The van der Waals surface area contributed by atoms with Crippen LogP contribution in [0.2, 0.25) is 0 Å². The maximum absolute atomic E-state index is 13.3. The van der Waals surface area contributed by atoms with Crippen molar-refractivity contribution in [3.63, 3.8) is 0 Å². The van der Waals surface area contributed by atoms with Crippen LogP contribution in [-0.2, 0) is 14.3 Å². The number of hydrogen-bond acceptors (Lipinski definition) is 3. The van der Waals surface area contributed by atoms with Gasteiger partial charge in [-0.2, -0.15) is 8.78 Å². The second-order valence-electron chi connectivity index (χ2n) is 2.57. The van der Waals surface area contributed by atoms with E-state index in [1.54, 1.807) is 18.2 Å².